The maximum atomic E-state index is 3.61. The van der Waals surface area contributed by atoms with Gasteiger partial charge in [0.05, 0.1) is 0 Å². The van der Waals surface area contributed by atoms with Gasteiger partial charge in [-0.2, -0.15) is 0 Å². The largest absolute Gasteiger partial charge is 0.316 e. The number of hydrogen-bond acceptors (Lipinski definition) is 2. The SMILES string of the molecule is CCC(C1CCCNC1)N1CCC(c2ccc3ccccc3c2)CC1. The second kappa shape index (κ2) is 7.88. The van der Waals surface area contributed by atoms with Crippen LogP contribution in [0.5, 0.6) is 0 Å². The van der Waals surface area contributed by atoms with Gasteiger partial charge in [0.25, 0.3) is 0 Å². The minimum Gasteiger partial charge on any atom is -0.316 e. The summed E-state index contributed by atoms with van der Waals surface area (Å²) in [6.07, 6.45) is 6.70. The van der Waals surface area contributed by atoms with Crippen molar-refractivity contribution in [2.24, 2.45) is 5.92 Å². The first kappa shape index (κ1) is 17.1. The molecule has 0 aromatic heterocycles. The van der Waals surface area contributed by atoms with Gasteiger partial charge in [0.1, 0.15) is 0 Å². The molecule has 2 aromatic rings. The van der Waals surface area contributed by atoms with Gasteiger partial charge in [-0.3, -0.25) is 0 Å². The summed E-state index contributed by atoms with van der Waals surface area (Å²) in [6, 6.07) is 16.6. The second-order valence-corrected chi connectivity index (χ2v) is 8.00. The molecular weight excluding hydrogens is 304 g/mol. The normalized spacial score (nSPS) is 24.4. The molecule has 2 nitrogen and oxygen atoms in total. The lowest BCUT2D eigenvalue weighted by Crippen LogP contribution is -2.48. The van der Waals surface area contributed by atoms with Crippen molar-refractivity contribution in [3.8, 4) is 0 Å². The number of fused-ring (bicyclic) bond motifs is 1. The Morgan fingerprint density at radius 1 is 1.04 bits per heavy atom. The Hall–Kier alpha value is -1.38. The minimum atomic E-state index is 0.739. The van der Waals surface area contributed by atoms with E-state index in [1.165, 1.54) is 69.1 Å². The van der Waals surface area contributed by atoms with Gasteiger partial charge in [0, 0.05) is 6.04 Å². The lowest BCUT2D eigenvalue weighted by atomic mass is 9.84. The van der Waals surface area contributed by atoms with E-state index in [1.807, 2.05) is 0 Å². The molecule has 0 amide bonds. The predicted molar refractivity (Wildman–Crippen MR) is 107 cm³/mol. The summed E-state index contributed by atoms with van der Waals surface area (Å²) in [5, 5.41) is 6.37. The van der Waals surface area contributed by atoms with Crippen LogP contribution in [0.25, 0.3) is 10.8 Å². The van der Waals surface area contributed by atoms with E-state index >= 15 is 0 Å². The number of rotatable bonds is 4. The van der Waals surface area contributed by atoms with Crippen LogP contribution in [-0.2, 0) is 0 Å². The van der Waals surface area contributed by atoms with Crippen LogP contribution in [-0.4, -0.2) is 37.1 Å². The third-order valence-corrected chi connectivity index (χ3v) is 6.54. The van der Waals surface area contributed by atoms with Crippen LogP contribution < -0.4 is 5.32 Å². The molecule has 0 radical (unpaired) electrons. The maximum Gasteiger partial charge on any atom is 0.0133 e. The van der Waals surface area contributed by atoms with Crippen molar-refractivity contribution in [1.29, 1.82) is 0 Å². The third kappa shape index (κ3) is 3.75. The Morgan fingerprint density at radius 2 is 1.84 bits per heavy atom. The maximum absolute atomic E-state index is 3.61. The number of nitrogens with zero attached hydrogens (tertiary/aromatic N) is 1. The van der Waals surface area contributed by atoms with Gasteiger partial charge in [-0.25, -0.2) is 0 Å². The summed E-state index contributed by atoms with van der Waals surface area (Å²) in [7, 11) is 0. The third-order valence-electron chi connectivity index (χ3n) is 6.54. The van der Waals surface area contributed by atoms with Crippen molar-refractivity contribution >= 4 is 10.8 Å². The molecule has 2 aliphatic heterocycles. The molecule has 2 unspecified atom stereocenters. The summed E-state index contributed by atoms with van der Waals surface area (Å²) in [5.41, 5.74) is 1.55. The molecule has 2 heteroatoms. The van der Waals surface area contributed by atoms with Crippen molar-refractivity contribution in [1.82, 2.24) is 10.2 Å². The van der Waals surface area contributed by atoms with Crippen molar-refractivity contribution in [3.63, 3.8) is 0 Å². The van der Waals surface area contributed by atoms with Gasteiger partial charge >= 0.3 is 0 Å². The summed E-state index contributed by atoms with van der Waals surface area (Å²) >= 11 is 0. The fraction of sp³-hybridized carbons (Fsp3) is 0.565. The predicted octanol–water partition coefficient (Wildman–Crippen LogP) is 4.80. The smallest absolute Gasteiger partial charge is 0.0133 e. The van der Waals surface area contributed by atoms with Crippen molar-refractivity contribution in [2.45, 2.75) is 51.0 Å². The quantitative estimate of drug-likeness (QED) is 0.863. The molecule has 2 atom stereocenters. The summed E-state index contributed by atoms with van der Waals surface area (Å²) in [6.45, 7) is 7.37. The molecule has 1 N–H and O–H groups in total. The van der Waals surface area contributed by atoms with Crippen LogP contribution in [0.2, 0.25) is 0 Å². The topological polar surface area (TPSA) is 15.3 Å². The molecule has 25 heavy (non-hydrogen) atoms. The first-order chi connectivity index (χ1) is 12.3. The number of hydrogen-bond donors (Lipinski definition) is 1. The van der Waals surface area contributed by atoms with Gasteiger partial charge < -0.3 is 10.2 Å². The van der Waals surface area contributed by atoms with Crippen LogP contribution in [0.3, 0.4) is 0 Å². The lowest BCUT2D eigenvalue weighted by molar-refractivity contribution is 0.0927. The van der Waals surface area contributed by atoms with E-state index in [0.717, 1.165) is 17.9 Å². The van der Waals surface area contributed by atoms with E-state index < -0.39 is 0 Å². The molecule has 2 heterocycles. The highest BCUT2D eigenvalue weighted by molar-refractivity contribution is 5.83. The Kier molecular flexibility index (Phi) is 5.38. The Bertz CT molecular complexity index is 681. The van der Waals surface area contributed by atoms with Gasteiger partial charge in [-0.15, -0.1) is 0 Å². The lowest BCUT2D eigenvalue weighted by Gasteiger charge is -2.42. The first-order valence-corrected chi connectivity index (χ1v) is 10.3. The van der Waals surface area contributed by atoms with E-state index in [4.69, 9.17) is 0 Å². The van der Waals surface area contributed by atoms with E-state index in [9.17, 15) is 0 Å². The van der Waals surface area contributed by atoms with Crippen molar-refractivity contribution in [2.75, 3.05) is 26.2 Å². The highest BCUT2D eigenvalue weighted by Gasteiger charge is 2.30. The van der Waals surface area contributed by atoms with Crippen molar-refractivity contribution in [3.05, 3.63) is 48.0 Å². The van der Waals surface area contributed by atoms with E-state index in [-0.39, 0.29) is 0 Å². The van der Waals surface area contributed by atoms with Gasteiger partial charge in [0.2, 0.25) is 0 Å². The average molecular weight is 337 g/mol. The molecule has 0 spiro atoms. The highest BCUT2D eigenvalue weighted by atomic mass is 15.2. The zero-order chi connectivity index (χ0) is 17.1. The van der Waals surface area contributed by atoms with Gasteiger partial charge in [0.15, 0.2) is 0 Å². The number of piperidine rings is 2. The molecule has 2 saturated heterocycles. The molecule has 2 aromatic carbocycles. The Morgan fingerprint density at radius 3 is 2.56 bits per heavy atom. The Labute approximate surface area is 152 Å². The molecule has 0 bridgehead atoms. The van der Waals surface area contributed by atoms with Gasteiger partial charge in [-0.05, 0) is 86.5 Å². The van der Waals surface area contributed by atoms with Crippen LogP contribution >= 0.6 is 0 Å². The number of likely N-dealkylation sites (tertiary alicyclic amines) is 1. The molecule has 134 valence electrons. The zero-order valence-corrected chi connectivity index (χ0v) is 15.6. The average Bonchev–Trinajstić information content (AvgIpc) is 2.70. The van der Waals surface area contributed by atoms with E-state index in [0.29, 0.717) is 0 Å². The first-order valence-electron chi connectivity index (χ1n) is 10.3. The highest BCUT2D eigenvalue weighted by Crippen LogP contribution is 2.33. The summed E-state index contributed by atoms with van der Waals surface area (Å²) in [4.78, 5) is 2.80. The molecule has 0 aliphatic carbocycles. The van der Waals surface area contributed by atoms with Crippen LogP contribution in [0, 0.1) is 5.92 Å². The molecule has 2 aliphatic rings. The molecule has 4 rings (SSSR count). The van der Waals surface area contributed by atoms with E-state index in [1.54, 1.807) is 5.56 Å². The summed E-state index contributed by atoms with van der Waals surface area (Å²) in [5.74, 6) is 1.60. The monoisotopic (exact) mass is 336 g/mol. The molecule has 0 saturated carbocycles. The van der Waals surface area contributed by atoms with Crippen LogP contribution in [0.15, 0.2) is 42.5 Å². The number of benzene rings is 2. The minimum absolute atomic E-state index is 0.739. The van der Waals surface area contributed by atoms with Gasteiger partial charge in [-0.1, -0.05) is 49.4 Å². The fourth-order valence-corrected chi connectivity index (χ4v) is 5.12. The second-order valence-electron chi connectivity index (χ2n) is 8.00. The van der Waals surface area contributed by atoms with E-state index in [2.05, 4.69) is 59.6 Å². The fourth-order valence-electron chi connectivity index (χ4n) is 5.12. The standard InChI is InChI=1S/C23H32N2/c1-2-23(22-8-5-13-24-17-22)25-14-11-19(12-15-25)21-10-9-18-6-3-4-7-20(18)16-21/h3-4,6-7,9-10,16,19,22-24H,2,5,8,11-15,17H2,1H3. The van der Waals surface area contributed by atoms with Crippen LogP contribution in [0.4, 0.5) is 0 Å². The summed E-state index contributed by atoms with van der Waals surface area (Å²) < 4.78 is 0. The van der Waals surface area contributed by atoms with Crippen LogP contribution in [0.1, 0.15) is 50.5 Å². The molecular formula is C23H32N2. The van der Waals surface area contributed by atoms with Crippen molar-refractivity contribution < 1.29 is 0 Å². The Balaban J connectivity index is 1.41. The number of nitrogens with one attached hydrogen (secondary N) is 1. The molecule has 2 fully saturated rings. The zero-order valence-electron chi connectivity index (χ0n) is 15.6.